The molecule has 0 fully saturated rings. The predicted molar refractivity (Wildman–Crippen MR) is 77.0 cm³/mol. The molecule has 0 unspecified atom stereocenters. The Bertz CT molecular complexity index is 284. The van der Waals surface area contributed by atoms with Crippen LogP contribution >= 0.6 is 0 Å². The molecule has 0 saturated carbocycles. The molecule has 0 amide bonds. The smallest absolute Gasteiger partial charge is 2.00 e. The van der Waals surface area contributed by atoms with Gasteiger partial charge in [0.1, 0.15) is 0 Å². The third kappa shape index (κ3) is 6.24. The largest absolute Gasteiger partial charge is 2.00 e. The number of rotatable bonds is 10. The minimum Gasteiger partial charge on any atom is 2.00 e. The van der Waals surface area contributed by atoms with Gasteiger partial charge in [0, 0.05) is 0 Å². The van der Waals surface area contributed by atoms with Crippen LogP contribution in [-0.2, 0) is 21.1 Å². The monoisotopic (exact) mass is 543 g/mol. The van der Waals surface area contributed by atoms with E-state index >= 15 is 0 Å². The molecule has 0 aliphatic heterocycles. The Hall–Kier alpha value is 0.557. The van der Waals surface area contributed by atoms with Gasteiger partial charge >= 0.3 is 137 Å². The van der Waals surface area contributed by atoms with Crippen molar-refractivity contribution in [2.24, 2.45) is 0 Å². The average Bonchev–Trinajstić information content (AvgIpc) is 2.93. The first-order chi connectivity index (χ1) is 8.79. The van der Waals surface area contributed by atoms with Crippen LogP contribution in [0.25, 0.3) is 0 Å². The molecule has 0 saturated heterocycles. The Morgan fingerprint density at radius 1 is 0.895 bits per heavy atom. The Kier molecular flexibility index (Phi) is 11.6. The minimum atomic E-state index is -2.43. The van der Waals surface area contributed by atoms with Gasteiger partial charge in [0.15, 0.2) is 0 Å². The maximum absolute atomic E-state index is 4.31. The first kappa shape index (κ1) is 19.6. The van der Waals surface area contributed by atoms with Gasteiger partial charge in [-0.15, -0.1) is 0 Å². The van der Waals surface area contributed by atoms with Gasteiger partial charge in [-0.2, -0.15) is 0 Å². The zero-order valence-electron chi connectivity index (χ0n) is 12.6. The van der Waals surface area contributed by atoms with Crippen LogP contribution in [-0.4, -0.2) is 37.1 Å². The zero-order valence-corrected chi connectivity index (χ0v) is 18.3. The van der Waals surface area contributed by atoms with Gasteiger partial charge in [0.05, 0.1) is 0 Å². The molecular weight excluding hydrogens is 515 g/mol. The van der Waals surface area contributed by atoms with E-state index in [0.29, 0.717) is 0 Å². The minimum absolute atomic E-state index is 0. The summed E-state index contributed by atoms with van der Waals surface area (Å²) in [6.07, 6.45) is 10.5. The number of nitrogens with zero attached hydrogens (tertiary/aromatic N) is 4. The Morgan fingerprint density at radius 2 is 1.37 bits per heavy atom. The molecule has 0 spiro atoms. The van der Waals surface area contributed by atoms with Crippen molar-refractivity contribution < 1.29 is 21.1 Å². The fraction of sp³-hybridized carbons (Fsp3) is 0.923. The summed E-state index contributed by atoms with van der Waals surface area (Å²) in [5.74, 6) is 0. The summed E-state index contributed by atoms with van der Waals surface area (Å²) in [6.45, 7) is 6.82. The summed E-state index contributed by atoms with van der Waals surface area (Å²) in [6, 6.07) is 0. The third-order valence-corrected chi connectivity index (χ3v) is 17.7. The number of unbranched alkanes of at least 4 members (excludes halogenated alkanes) is 3. The van der Waals surface area contributed by atoms with E-state index < -0.39 is 18.7 Å². The maximum Gasteiger partial charge on any atom is 2.00 e. The van der Waals surface area contributed by atoms with E-state index in [9.17, 15) is 0 Å². The molecule has 0 aliphatic carbocycles. The van der Waals surface area contributed by atoms with Crippen molar-refractivity contribution in [1.29, 1.82) is 0 Å². The van der Waals surface area contributed by atoms with Crippen molar-refractivity contribution in [2.45, 2.75) is 72.6 Å². The van der Waals surface area contributed by atoms with E-state index in [1.807, 2.05) is 0 Å². The Labute approximate surface area is 136 Å². The summed E-state index contributed by atoms with van der Waals surface area (Å²) in [4.78, 5) is 0. The average molecular weight is 542 g/mol. The van der Waals surface area contributed by atoms with E-state index in [-0.39, 0.29) is 21.1 Å². The number of hydrogen-bond acceptors (Lipinski definition) is 3. The van der Waals surface area contributed by atoms with Crippen molar-refractivity contribution in [3.63, 3.8) is 0 Å². The molecule has 0 atom stereocenters. The van der Waals surface area contributed by atoms with E-state index in [1.165, 1.54) is 51.8 Å². The molecule has 1 aromatic heterocycles. The van der Waals surface area contributed by atoms with Crippen LogP contribution < -0.4 is 0 Å². The van der Waals surface area contributed by atoms with E-state index in [2.05, 4.69) is 45.5 Å². The molecule has 0 aromatic carbocycles. The van der Waals surface area contributed by atoms with Gasteiger partial charge in [0.25, 0.3) is 0 Å². The van der Waals surface area contributed by atoms with Gasteiger partial charge < -0.3 is 0 Å². The van der Waals surface area contributed by atoms with Crippen molar-refractivity contribution >= 4 is 18.7 Å². The van der Waals surface area contributed by atoms with Gasteiger partial charge in [-0.3, -0.25) is 0 Å². The second-order valence-corrected chi connectivity index (χ2v) is 17.6. The first-order valence-corrected chi connectivity index (χ1v) is 14.8. The summed E-state index contributed by atoms with van der Waals surface area (Å²) in [5.41, 5.74) is 0. The Morgan fingerprint density at radius 3 is 1.68 bits per heavy atom. The van der Waals surface area contributed by atoms with E-state index in [0.717, 1.165) is 0 Å². The van der Waals surface area contributed by atoms with Gasteiger partial charge in [-0.25, -0.2) is 0 Å². The number of tetrazole rings is 1. The van der Waals surface area contributed by atoms with Crippen LogP contribution in [0.4, 0.5) is 0 Å². The molecule has 19 heavy (non-hydrogen) atoms. The fourth-order valence-electron chi connectivity index (χ4n) is 2.54. The second kappa shape index (κ2) is 11.2. The summed E-state index contributed by atoms with van der Waals surface area (Å²) in [5, 5.41) is 12.4. The van der Waals surface area contributed by atoms with Crippen LogP contribution in [0.3, 0.4) is 0 Å². The van der Waals surface area contributed by atoms with Crippen molar-refractivity contribution in [1.82, 2.24) is 18.4 Å². The van der Waals surface area contributed by atoms with Gasteiger partial charge in [0.2, 0.25) is 0 Å². The molecule has 1 aromatic rings. The molecular formula is C13H27N4SnW+. The fourth-order valence-corrected chi connectivity index (χ4v) is 16.5. The van der Waals surface area contributed by atoms with E-state index in [1.54, 1.807) is 0 Å². The first-order valence-electron chi connectivity index (χ1n) is 7.45. The maximum atomic E-state index is 4.31. The van der Waals surface area contributed by atoms with Crippen molar-refractivity contribution in [3.8, 4) is 0 Å². The normalized spacial score (nSPS) is 11.3. The molecule has 1 rings (SSSR count). The van der Waals surface area contributed by atoms with Crippen LogP contribution in [0.15, 0.2) is 0 Å². The summed E-state index contributed by atoms with van der Waals surface area (Å²) >= 11 is -2.43. The molecule has 4 nitrogen and oxygen atoms in total. The van der Waals surface area contributed by atoms with E-state index in [4.69, 9.17) is 0 Å². The second-order valence-electron chi connectivity index (χ2n) is 5.21. The van der Waals surface area contributed by atoms with Gasteiger partial charge in [-0.05, 0) is 0 Å². The zero-order chi connectivity index (χ0) is 13.3. The van der Waals surface area contributed by atoms with Gasteiger partial charge in [-0.1, -0.05) is 0 Å². The summed E-state index contributed by atoms with van der Waals surface area (Å²) in [7, 11) is 0. The number of hydrogen-bond donors (Lipinski definition) is 0. The predicted octanol–water partition coefficient (Wildman–Crippen LogP) is 3.66. The number of aromatic nitrogens is 4. The SMILES string of the molecule is CCC[CH2][Sn]([CH2]CCC)([CH2]CCC)[n]1n[c-]nn1.[W+2]. The Balaban J connectivity index is 0.00000324. The molecule has 0 radical (unpaired) electrons. The van der Waals surface area contributed by atoms with Crippen LogP contribution in [0.2, 0.25) is 13.3 Å². The quantitative estimate of drug-likeness (QED) is 0.335. The molecule has 0 aliphatic rings. The summed E-state index contributed by atoms with van der Waals surface area (Å²) < 4.78 is 6.16. The molecule has 6 heteroatoms. The van der Waals surface area contributed by atoms with Crippen LogP contribution in [0, 0.1) is 6.33 Å². The molecule has 1 heterocycles. The third-order valence-electron chi connectivity index (χ3n) is 3.72. The molecule has 0 N–H and O–H groups in total. The molecule has 108 valence electrons. The van der Waals surface area contributed by atoms with Crippen LogP contribution in [0.5, 0.6) is 0 Å². The topological polar surface area (TPSA) is 43.6 Å². The molecule has 0 bridgehead atoms. The van der Waals surface area contributed by atoms with Crippen molar-refractivity contribution in [2.75, 3.05) is 0 Å². The van der Waals surface area contributed by atoms with Crippen molar-refractivity contribution in [3.05, 3.63) is 6.33 Å². The van der Waals surface area contributed by atoms with Crippen LogP contribution in [0.1, 0.15) is 59.3 Å². The standard InChI is InChI=1S/3C4H9.CN4.Sn.W/c3*1-3-4-2;1-2-4-5-3-1;;/h3*1,3-4H2,2H3;;;/q;;;-2;+1;+2.